The number of hydrogen-bond donors (Lipinski definition) is 4. The summed E-state index contributed by atoms with van der Waals surface area (Å²) in [6.45, 7) is 0. The summed E-state index contributed by atoms with van der Waals surface area (Å²) in [5, 5.41) is 43.0. The monoisotopic (exact) mass is 426 g/mol. The van der Waals surface area contributed by atoms with Crippen molar-refractivity contribution in [2.24, 2.45) is 0 Å². The number of rotatable bonds is 1. The van der Waals surface area contributed by atoms with Crippen LogP contribution in [0.5, 0.6) is 0 Å². The van der Waals surface area contributed by atoms with Gasteiger partial charge in [-0.15, -0.1) is 0 Å². The van der Waals surface area contributed by atoms with Crippen molar-refractivity contribution >= 4 is 11.5 Å². The van der Waals surface area contributed by atoms with Crippen molar-refractivity contribution in [1.82, 2.24) is 9.97 Å². The first kappa shape index (κ1) is 19.0. The topological polar surface area (TPSA) is 107 Å². The average molecular weight is 426 g/mol. The summed E-state index contributed by atoms with van der Waals surface area (Å²) in [7, 11) is 0. The Kier molecular flexibility index (Phi) is 3.68. The number of hydrogen-bond acceptors (Lipinski definition) is 6. The van der Waals surface area contributed by atoms with Crippen LogP contribution in [0.3, 0.4) is 0 Å². The van der Waals surface area contributed by atoms with E-state index in [4.69, 9.17) is 0 Å². The Morgan fingerprint density at radius 3 is 2.06 bits per heavy atom. The molecule has 9 heteroatoms. The fourth-order valence-corrected chi connectivity index (χ4v) is 4.34. The van der Waals surface area contributed by atoms with Gasteiger partial charge in [-0.1, -0.05) is 18.2 Å². The molecular formula is C22H13F3N2O4. The number of fused-ring (bicyclic) bond motifs is 4. The van der Waals surface area contributed by atoms with Gasteiger partial charge in [0.2, 0.25) is 0 Å². The summed E-state index contributed by atoms with van der Waals surface area (Å²) in [5.41, 5.74) is -3.47. The molecule has 156 valence electrons. The number of benzene rings is 1. The van der Waals surface area contributed by atoms with Gasteiger partial charge < -0.3 is 20.4 Å². The van der Waals surface area contributed by atoms with Crippen LogP contribution in [0.4, 0.5) is 13.2 Å². The third kappa shape index (κ3) is 2.23. The molecule has 1 unspecified atom stereocenters. The molecule has 2 heterocycles. The van der Waals surface area contributed by atoms with Crippen LogP contribution in [-0.4, -0.2) is 30.4 Å². The SMILES string of the molecule is OC1=C(O)C2(C(O)=C(O)c3c(-c4ccccc4C(F)(F)F)ccnc32)c2ncccc21. The van der Waals surface area contributed by atoms with Crippen molar-refractivity contribution in [2.45, 2.75) is 11.6 Å². The van der Waals surface area contributed by atoms with E-state index in [2.05, 4.69) is 9.97 Å². The van der Waals surface area contributed by atoms with Gasteiger partial charge in [0.05, 0.1) is 22.5 Å². The van der Waals surface area contributed by atoms with E-state index in [1.165, 1.54) is 48.8 Å². The van der Waals surface area contributed by atoms with E-state index in [-0.39, 0.29) is 33.6 Å². The maximum Gasteiger partial charge on any atom is 0.417 e. The Balaban J connectivity index is 1.88. The Morgan fingerprint density at radius 1 is 0.677 bits per heavy atom. The molecule has 1 atom stereocenters. The van der Waals surface area contributed by atoms with Crippen LogP contribution in [0.1, 0.15) is 28.1 Å². The molecule has 3 aromatic rings. The first-order chi connectivity index (χ1) is 14.7. The number of halogens is 3. The predicted octanol–water partition coefficient (Wildman–Crippen LogP) is 5.04. The molecule has 31 heavy (non-hydrogen) atoms. The molecule has 2 aromatic heterocycles. The van der Waals surface area contributed by atoms with E-state index in [0.29, 0.717) is 0 Å². The fourth-order valence-electron chi connectivity index (χ4n) is 4.34. The minimum atomic E-state index is -4.67. The lowest BCUT2D eigenvalue weighted by atomic mass is 9.80. The van der Waals surface area contributed by atoms with Crippen LogP contribution in [0.15, 0.2) is 66.4 Å². The molecule has 2 aliphatic carbocycles. The summed E-state index contributed by atoms with van der Waals surface area (Å²) < 4.78 is 40.9. The van der Waals surface area contributed by atoms with Gasteiger partial charge in [-0.05, 0) is 35.4 Å². The first-order valence-corrected chi connectivity index (χ1v) is 9.08. The number of alkyl halides is 3. The molecule has 0 amide bonds. The third-order valence-electron chi connectivity index (χ3n) is 5.64. The van der Waals surface area contributed by atoms with Crippen molar-refractivity contribution in [2.75, 3.05) is 0 Å². The Labute approximate surface area is 172 Å². The largest absolute Gasteiger partial charge is 0.507 e. The minimum absolute atomic E-state index is 0.00144. The van der Waals surface area contributed by atoms with E-state index < -0.39 is 40.2 Å². The minimum Gasteiger partial charge on any atom is -0.507 e. The number of aliphatic hydroxyl groups excluding tert-OH is 4. The molecule has 0 saturated heterocycles. The second kappa shape index (κ2) is 6.00. The average Bonchev–Trinajstić information content (AvgIpc) is 3.13. The summed E-state index contributed by atoms with van der Waals surface area (Å²) in [6.07, 6.45) is -2.11. The molecule has 0 radical (unpaired) electrons. The van der Waals surface area contributed by atoms with Crippen LogP contribution in [-0.2, 0) is 11.6 Å². The highest BCUT2D eigenvalue weighted by molar-refractivity contribution is 5.91. The lowest BCUT2D eigenvalue weighted by Crippen LogP contribution is -2.31. The van der Waals surface area contributed by atoms with Gasteiger partial charge in [-0.2, -0.15) is 13.2 Å². The van der Waals surface area contributed by atoms with E-state index in [1.54, 1.807) is 0 Å². The molecule has 1 aromatic carbocycles. The Morgan fingerprint density at radius 2 is 1.32 bits per heavy atom. The van der Waals surface area contributed by atoms with Gasteiger partial charge in [0, 0.05) is 18.0 Å². The van der Waals surface area contributed by atoms with Crippen molar-refractivity contribution < 1.29 is 33.6 Å². The zero-order chi connectivity index (χ0) is 22.1. The highest BCUT2D eigenvalue weighted by atomic mass is 19.4. The van der Waals surface area contributed by atoms with Crippen LogP contribution in [0.25, 0.3) is 22.6 Å². The van der Waals surface area contributed by atoms with Crippen LogP contribution in [0.2, 0.25) is 0 Å². The summed E-state index contributed by atoms with van der Waals surface area (Å²) in [6, 6.07) is 9.03. The van der Waals surface area contributed by atoms with Crippen LogP contribution in [0, 0.1) is 0 Å². The molecule has 6 nitrogen and oxygen atoms in total. The van der Waals surface area contributed by atoms with Crippen molar-refractivity contribution in [1.29, 1.82) is 0 Å². The zero-order valence-corrected chi connectivity index (χ0v) is 15.5. The Hall–Kier alpha value is -4.01. The molecule has 0 fully saturated rings. The van der Waals surface area contributed by atoms with Gasteiger partial charge >= 0.3 is 6.18 Å². The summed E-state index contributed by atoms with van der Waals surface area (Å²) >= 11 is 0. The molecule has 2 aliphatic rings. The maximum atomic E-state index is 13.6. The van der Waals surface area contributed by atoms with Crippen molar-refractivity contribution in [3.05, 3.63) is 94.5 Å². The predicted molar refractivity (Wildman–Crippen MR) is 104 cm³/mol. The molecule has 0 bridgehead atoms. The molecule has 5 rings (SSSR count). The van der Waals surface area contributed by atoms with Gasteiger partial charge in [0.1, 0.15) is 0 Å². The molecule has 0 aliphatic heterocycles. The summed E-state index contributed by atoms with van der Waals surface area (Å²) in [5.74, 6) is -2.84. The maximum absolute atomic E-state index is 13.6. The number of aliphatic hydroxyl groups is 4. The lowest BCUT2D eigenvalue weighted by Gasteiger charge is -2.25. The van der Waals surface area contributed by atoms with Gasteiger partial charge in [0.25, 0.3) is 0 Å². The van der Waals surface area contributed by atoms with E-state index >= 15 is 0 Å². The zero-order valence-electron chi connectivity index (χ0n) is 15.5. The molecular weight excluding hydrogens is 413 g/mol. The smallest absolute Gasteiger partial charge is 0.417 e. The quantitative estimate of drug-likeness (QED) is 0.434. The highest BCUT2D eigenvalue weighted by Gasteiger charge is 2.60. The van der Waals surface area contributed by atoms with Gasteiger partial charge in [-0.3, -0.25) is 9.97 Å². The number of pyridine rings is 2. The highest BCUT2D eigenvalue weighted by Crippen LogP contribution is 2.58. The van der Waals surface area contributed by atoms with Crippen molar-refractivity contribution in [3.8, 4) is 11.1 Å². The second-order valence-corrected chi connectivity index (χ2v) is 7.17. The van der Waals surface area contributed by atoms with Crippen molar-refractivity contribution in [3.63, 3.8) is 0 Å². The van der Waals surface area contributed by atoms with Gasteiger partial charge in [0.15, 0.2) is 28.5 Å². The third-order valence-corrected chi connectivity index (χ3v) is 5.64. The second-order valence-electron chi connectivity index (χ2n) is 7.17. The molecule has 0 saturated carbocycles. The normalized spacial score (nSPS) is 19.8. The van der Waals surface area contributed by atoms with Crippen LogP contribution >= 0.6 is 0 Å². The van der Waals surface area contributed by atoms with Crippen LogP contribution < -0.4 is 0 Å². The number of aromatic nitrogens is 2. The number of nitrogens with zero attached hydrogens (tertiary/aromatic N) is 2. The lowest BCUT2D eigenvalue weighted by molar-refractivity contribution is -0.137. The molecule has 1 spiro atoms. The fraction of sp³-hybridized carbons (Fsp3) is 0.0909. The van der Waals surface area contributed by atoms with E-state index in [0.717, 1.165) is 6.07 Å². The standard InChI is InChI=1S/C22H13F3N2O4/c23-22(24,25)13-6-2-1-4-10(13)11-7-9-27-18-14(11)16(29)20(31)21(18)17-12(5-3-8-26-17)15(28)19(21)30/h1-9,28-31H. The summed E-state index contributed by atoms with van der Waals surface area (Å²) in [4.78, 5) is 8.32. The first-order valence-electron chi connectivity index (χ1n) is 9.08. The Bertz CT molecular complexity index is 1330. The van der Waals surface area contributed by atoms with Gasteiger partial charge in [-0.25, -0.2) is 0 Å². The molecule has 4 N–H and O–H groups in total. The van der Waals surface area contributed by atoms with E-state index in [9.17, 15) is 33.6 Å². The van der Waals surface area contributed by atoms with E-state index in [1.807, 2.05) is 0 Å².